The number of amides is 4. The van der Waals surface area contributed by atoms with E-state index < -0.39 is 23.3 Å². The van der Waals surface area contributed by atoms with Crippen LogP contribution in [0.25, 0.3) is 0 Å². The van der Waals surface area contributed by atoms with Crippen LogP contribution >= 0.6 is 11.8 Å². The first kappa shape index (κ1) is 15.4. The fraction of sp³-hybridized carbons (Fsp3) is 0.600. The fourth-order valence-corrected chi connectivity index (χ4v) is 2.68. The highest BCUT2D eigenvalue weighted by atomic mass is 32.2. The molecule has 0 aromatic rings. The summed E-state index contributed by atoms with van der Waals surface area (Å²) in [7, 11) is 2.63. The monoisotopic (exact) mass is 290 g/mol. The van der Waals surface area contributed by atoms with Gasteiger partial charge in [-0.1, -0.05) is 0 Å². The summed E-state index contributed by atoms with van der Waals surface area (Å²) in [6, 6.07) is -0.814. The van der Waals surface area contributed by atoms with Gasteiger partial charge in [-0.2, -0.15) is 0 Å². The molecule has 0 bridgehead atoms. The van der Waals surface area contributed by atoms with Crippen LogP contribution in [0.1, 0.15) is 6.42 Å². The normalized spacial score (nSPS) is 20.0. The average Bonchev–Trinajstić information content (AvgIpc) is 2.71. The number of quaternary nitrogens is 1. The highest BCUT2D eigenvalue weighted by Crippen LogP contribution is 2.17. The van der Waals surface area contributed by atoms with Crippen LogP contribution in [0.4, 0.5) is 4.79 Å². The molecular weight excluding hydrogens is 274 g/mol. The molecular formula is C10H16N3O5S+. The molecule has 1 fully saturated rings. The van der Waals surface area contributed by atoms with Gasteiger partial charge in [-0.15, -0.1) is 11.8 Å². The average molecular weight is 290 g/mol. The van der Waals surface area contributed by atoms with Crippen molar-refractivity contribution in [1.29, 1.82) is 0 Å². The van der Waals surface area contributed by atoms with Gasteiger partial charge in [0.2, 0.25) is 5.91 Å². The maximum absolute atomic E-state index is 11.6. The van der Waals surface area contributed by atoms with Crippen molar-refractivity contribution in [1.82, 2.24) is 10.6 Å². The molecule has 19 heavy (non-hydrogen) atoms. The maximum Gasteiger partial charge on any atom is 0.407 e. The van der Waals surface area contributed by atoms with E-state index in [9.17, 15) is 19.2 Å². The van der Waals surface area contributed by atoms with Crippen molar-refractivity contribution in [3.63, 3.8) is 0 Å². The molecule has 1 saturated heterocycles. The summed E-state index contributed by atoms with van der Waals surface area (Å²) in [4.78, 5) is 45.1. The van der Waals surface area contributed by atoms with E-state index >= 15 is 0 Å². The molecule has 1 heterocycles. The highest BCUT2D eigenvalue weighted by molar-refractivity contribution is 8.00. The van der Waals surface area contributed by atoms with E-state index in [2.05, 4.69) is 15.4 Å². The number of rotatable bonds is 5. The lowest BCUT2D eigenvalue weighted by atomic mass is 10.3. The number of thioether (sulfide) groups is 1. The number of hydrogen-bond donors (Lipinski definition) is 3. The summed E-state index contributed by atoms with van der Waals surface area (Å²) < 4.78 is 4.42. The first-order valence-electron chi connectivity index (χ1n) is 5.57. The van der Waals surface area contributed by atoms with Crippen LogP contribution in [0.15, 0.2) is 0 Å². The Morgan fingerprint density at radius 3 is 2.68 bits per heavy atom. The van der Waals surface area contributed by atoms with E-state index in [4.69, 9.17) is 0 Å². The Balaban J connectivity index is 2.53. The number of primary amides is 2. The second kappa shape index (κ2) is 7.10. The largest absolute Gasteiger partial charge is 0.453 e. The molecule has 0 aromatic heterocycles. The predicted octanol–water partition coefficient (Wildman–Crippen LogP) is -2.42. The van der Waals surface area contributed by atoms with Crippen molar-refractivity contribution < 1.29 is 29.2 Å². The van der Waals surface area contributed by atoms with E-state index in [1.165, 1.54) is 25.9 Å². The van der Waals surface area contributed by atoms with Crippen LogP contribution < -0.4 is 16.0 Å². The minimum atomic E-state index is -0.814. The van der Waals surface area contributed by atoms with Crippen molar-refractivity contribution in [2.24, 2.45) is 0 Å². The Labute approximate surface area is 114 Å². The molecule has 4 amide bonds. The van der Waals surface area contributed by atoms with E-state index in [1.807, 2.05) is 0 Å². The molecule has 2 atom stereocenters. The number of carbonyl (C=O) groups excluding carboxylic acids is 4. The van der Waals surface area contributed by atoms with Crippen molar-refractivity contribution in [3.05, 3.63) is 0 Å². The van der Waals surface area contributed by atoms with E-state index in [0.717, 1.165) is 5.32 Å². The van der Waals surface area contributed by atoms with Crippen molar-refractivity contribution >= 4 is 35.6 Å². The molecule has 9 heteroatoms. The van der Waals surface area contributed by atoms with Gasteiger partial charge < -0.3 is 15.4 Å². The van der Waals surface area contributed by atoms with Gasteiger partial charge in [-0.3, -0.25) is 4.79 Å². The molecule has 106 valence electrons. The van der Waals surface area contributed by atoms with Crippen LogP contribution in [-0.2, 0) is 19.1 Å². The third-order valence-corrected chi connectivity index (χ3v) is 3.84. The molecule has 0 aromatic carbocycles. The minimum absolute atomic E-state index is 0.141. The Kier molecular flexibility index (Phi) is 5.77. The zero-order valence-electron chi connectivity index (χ0n) is 10.6. The number of imide groups is 1. The smallest absolute Gasteiger partial charge is 0.407 e. The summed E-state index contributed by atoms with van der Waals surface area (Å²) in [5, 5.41) is 5.37. The zero-order chi connectivity index (χ0) is 14.4. The lowest BCUT2D eigenvalue weighted by Gasteiger charge is -2.16. The number of likely N-dealkylation sites (N-methyl/N-ethyl adjacent to an activating group) is 1. The second-order valence-electron chi connectivity index (χ2n) is 3.84. The summed E-state index contributed by atoms with van der Waals surface area (Å²) in [6.45, 7) is 0. The van der Waals surface area contributed by atoms with Crippen LogP contribution in [-0.4, -0.2) is 55.0 Å². The quantitative estimate of drug-likeness (QED) is 0.485. The number of carbonyl (C=O) groups is 4. The van der Waals surface area contributed by atoms with Gasteiger partial charge in [-0.05, 0) is 0 Å². The Hall–Kier alpha value is -1.61. The topological polar surface area (TPSA) is 118 Å². The maximum atomic E-state index is 11.6. The summed E-state index contributed by atoms with van der Waals surface area (Å²) in [6.07, 6.45) is -0.586. The van der Waals surface area contributed by atoms with Crippen LogP contribution in [0.2, 0.25) is 0 Å². The summed E-state index contributed by atoms with van der Waals surface area (Å²) in [5.74, 6) is -0.658. The fourth-order valence-electron chi connectivity index (χ4n) is 1.51. The third kappa shape index (κ3) is 4.52. The molecule has 0 radical (unpaired) electrons. The molecule has 4 N–H and O–H groups in total. The van der Waals surface area contributed by atoms with Crippen LogP contribution in [0.3, 0.4) is 0 Å². The number of hydrogen-bond acceptors (Lipinski definition) is 6. The standard InChI is InChI=1S/C10H15N3O5S/c1-11-8(15)5(12-10(17)18-2)4-19-6-3-7(14)13-9(6)16/h5-6H,3-4H2,1-2H3,(H,11,15)(H,12,17)(H,13,14,16)/p+1. The van der Waals surface area contributed by atoms with Gasteiger partial charge >= 0.3 is 17.9 Å². The summed E-state index contributed by atoms with van der Waals surface area (Å²) >= 11 is 1.17. The molecule has 1 aliphatic rings. The van der Waals surface area contributed by atoms with E-state index in [0.29, 0.717) is 0 Å². The van der Waals surface area contributed by atoms with E-state index in [-0.39, 0.29) is 24.0 Å². The Bertz CT molecular complexity index is 401. The van der Waals surface area contributed by atoms with Gasteiger partial charge in [0, 0.05) is 12.8 Å². The van der Waals surface area contributed by atoms with E-state index in [1.54, 1.807) is 0 Å². The molecule has 1 aliphatic heterocycles. The van der Waals surface area contributed by atoms with Gasteiger partial charge in [0.05, 0.1) is 13.5 Å². The number of alkyl carbamates (subject to hydrolysis) is 1. The first-order valence-corrected chi connectivity index (χ1v) is 6.62. The number of nitrogens with one attached hydrogen (secondary N) is 2. The zero-order valence-corrected chi connectivity index (χ0v) is 11.4. The number of ether oxygens (including phenoxy) is 1. The molecule has 0 saturated carbocycles. The van der Waals surface area contributed by atoms with Crippen LogP contribution in [0, 0.1) is 0 Å². The lowest BCUT2D eigenvalue weighted by Crippen LogP contribution is -2.88. The molecule has 0 spiro atoms. The number of nitrogens with two attached hydrogens (primary N) is 1. The number of methoxy groups -OCH3 is 1. The lowest BCUT2D eigenvalue weighted by molar-refractivity contribution is -0.476. The SMILES string of the molecule is CNC(=O)C(CSC1CC(=O)[NH2+]C1=O)NC(=O)OC. The second-order valence-corrected chi connectivity index (χ2v) is 5.08. The Morgan fingerprint density at radius 1 is 1.53 bits per heavy atom. The first-order chi connectivity index (χ1) is 8.97. The molecule has 1 rings (SSSR count). The van der Waals surface area contributed by atoms with Crippen LogP contribution in [0.5, 0.6) is 0 Å². The van der Waals surface area contributed by atoms with Gasteiger partial charge in [0.15, 0.2) is 0 Å². The third-order valence-electron chi connectivity index (χ3n) is 2.51. The van der Waals surface area contributed by atoms with Crippen molar-refractivity contribution in [3.8, 4) is 0 Å². The van der Waals surface area contributed by atoms with Crippen molar-refractivity contribution in [2.75, 3.05) is 19.9 Å². The van der Waals surface area contributed by atoms with Gasteiger partial charge in [0.1, 0.15) is 11.3 Å². The summed E-state index contributed by atoms with van der Waals surface area (Å²) in [5.41, 5.74) is 0. The van der Waals surface area contributed by atoms with Crippen molar-refractivity contribution in [2.45, 2.75) is 17.7 Å². The minimum Gasteiger partial charge on any atom is -0.453 e. The predicted molar refractivity (Wildman–Crippen MR) is 66.2 cm³/mol. The molecule has 0 aliphatic carbocycles. The molecule has 2 unspecified atom stereocenters. The Morgan fingerprint density at radius 2 is 2.21 bits per heavy atom. The van der Waals surface area contributed by atoms with Gasteiger partial charge in [-0.25, -0.2) is 19.7 Å². The molecule has 8 nitrogen and oxygen atoms in total. The highest BCUT2D eigenvalue weighted by Gasteiger charge is 2.37. The van der Waals surface area contributed by atoms with Gasteiger partial charge in [0.25, 0.3) is 0 Å².